The summed E-state index contributed by atoms with van der Waals surface area (Å²) in [5.41, 5.74) is 0.0947. The third kappa shape index (κ3) is 4.62. The third-order valence-electron chi connectivity index (χ3n) is 4.67. The standard InChI is InChI=1S/C16H31NO/c1-4-15(18)17(3)16(2)13-11-9-7-5-6-8-10-12-14-16/h4-14H2,1-3H3. The summed E-state index contributed by atoms with van der Waals surface area (Å²) >= 11 is 0. The molecule has 106 valence electrons. The number of rotatable bonds is 2. The molecule has 0 N–H and O–H groups in total. The summed E-state index contributed by atoms with van der Waals surface area (Å²) in [4.78, 5) is 14.0. The molecule has 1 amide bonds. The zero-order valence-corrected chi connectivity index (χ0v) is 12.6. The Morgan fingerprint density at radius 2 is 1.33 bits per heavy atom. The van der Waals surface area contributed by atoms with Crippen LogP contribution < -0.4 is 0 Å². The van der Waals surface area contributed by atoms with Crippen LogP contribution in [0.4, 0.5) is 0 Å². The molecule has 18 heavy (non-hydrogen) atoms. The van der Waals surface area contributed by atoms with E-state index in [1.165, 1.54) is 64.2 Å². The van der Waals surface area contributed by atoms with E-state index in [1.54, 1.807) is 0 Å². The lowest BCUT2D eigenvalue weighted by atomic mass is 9.87. The summed E-state index contributed by atoms with van der Waals surface area (Å²) < 4.78 is 0. The average Bonchev–Trinajstić information content (AvgIpc) is 2.43. The first-order chi connectivity index (χ1) is 8.60. The first-order valence-electron chi connectivity index (χ1n) is 7.87. The first-order valence-corrected chi connectivity index (χ1v) is 7.87. The van der Waals surface area contributed by atoms with Crippen LogP contribution in [0.25, 0.3) is 0 Å². The average molecular weight is 253 g/mol. The molecule has 0 aromatic heterocycles. The highest BCUT2D eigenvalue weighted by molar-refractivity contribution is 5.76. The van der Waals surface area contributed by atoms with Crippen LogP contribution in [0.15, 0.2) is 0 Å². The molecule has 0 atom stereocenters. The van der Waals surface area contributed by atoms with Crippen LogP contribution in [0.3, 0.4) is 0 Å². The van der Waals surface area contributed by atoms with Crippen molar-refractivity contribution >= 4 is 5.91 Å². The highest BCUT2D eigenvalue weighted by atomic mass is 16.2. The maximum atomic E-state index is 12.0. The Labute approximate surface area is 113 Å². The quantitative estimate of drug-likeness (QED) is 0.708. The lowest BCUT2D eigenvalue weighted by Gasteiger charge is -2.39. The molecule has 0 heterocycles. The topological polar surface area (TPSA) is 20.3 Å². The van der Waals surface area contributed by atoms with Crippen molar-refractivity contribution in [1.29, 1.82) is 0 Å². The molecule has 0 spiro atoms. The molecule has 1 aliphatic rings. The van der Waals surface area contributed by atoms with E-state index in [0.717, 1.165) is 0 Å². The Morgan fingerprint density at radius 1 is 0.944 bits per heavy atom. The Hall–Kier alpha value is -0.530. The monoisotopic (exact) mass is 253 g/mol. The fraction of sp³-hybridized carbons (Fsp3) is 0.938. The molecule has 0 saturated heterocycles. The molecule has 1 rings (SSSR count). The van der Waals surface area contributed by atoms with Crippen molar-refractivity contribution < 1.29 is 4.79 Å². The maximum Gasteiger partial charge on any atom is 0.222 e. The van der Waals surface area contributed by atoms with Gasteiger partial charge in [0.25, 0.3) is 0 Å². The largest absolute Gasteiger partial charge is 0.340 e. The van der Waals surface area contributed by atoms with Crippen molar-refractivity contribution in [3.05, 3.63) is 0 Å². The van der Waals surface area contributed by atoms with Gasteiger partial charge in [0.1, 0.15) is 0 Å². The molecule has 0 unspecified atom stereocenters. The first kappa shape index (κ1) is 15.5. The summed E-state index contributed by atoms with van der Waals surface area (Å²) in [6, 6.07) is 0. The fourth-order valence-corrected chi connectivity index (χ4v) is 3.07. The Kier molecular flexibility index (Phi) is 6.73. The summed E-state index contributed by atoms with van der Waals surface area (Å²) in [6.45, 7) is 4.26. The molecule has 2 nitrogen and oxygen atoms in total. The van der Waals surface area contributed by atoms with Gasteiger partial charge in [0.15, 0.2) is 0 Å². The van der Waals surface area contributed by atoms with Gasteiger partial charge < -0.3 is 4.90 Å². The van der Waals surface area contributed by atoms with Gasteiger partial charge in [-0.1, -0.05) is 58.3 Å². The zero-order valence-electron chi connectivity index (χ0n) is 12.6. The van der Waals surface area contributed by atoms with E-state index in [2.05, 4.69) is 6.92 Å². The van der Waals surface area contributed by atoms with Gasteiger partial charge in [0.2, 0.25) is 5.91 Å². The van der Waals surface area contributed by atoms with E-state index in [0.29, 0.717) is 12.3 Å². The molecular formula is C16H31NO. The second-order valence-corrected chi connectivity index (χ2v) is 6.13. The van der Waals surface area contributed by atoms with Gasteiger partial charge in [-0.25, -0.2) is 0 Å². The van der Waals surface area contributed by atoms with Gasteiger partial charge in [-0.15, -0.1) is 0 Å². The van der Waals surface area contributed by atoms with E-state index in [-0.39, 0.29) is 5.54 Å². The number of carbonyl (C=O) groups is 1. The van der Waals surface area contributed by atoms with Crippen molar-refractivity contribution in [3.8, 4) is 0 Å². The number of nitrogens with zero attached hydrogens (tertiary/aromatic N) is 1. The Bertz CT molecular complexity index is 237. The van der Waals surface area contributed by atoms with Gasteiger partial charge >= 0.3 is 0 Å². The van der Waals surface area contributed by atoms with Crippen molar-refractivity contribution in [2.24, 2.45) is 0 Å². The zero-order chi connectivity index (χ0) is 13.4. The van der Waals surface area contributed by atoms with Gasteiger partial charge in [0.05, 0.1) is 0 Å². The van der Waals surface area contributed by atoms with E-state index in [1.807, 2.05) is 18.9 Å². The molecule has 0 aromatic rings. The lowest BCUT2D eigenvalue weighted by Crippen LogP contribution is -2.47. The second-order valence-electron chi connectivity index (χ2n) is 6.13. The fourth-order valence-electron chi connectivity index (χ4n) is 3.07. The summed E-state index contributed by atoms with van der Waals surface area (Å²) in [5.74, 6) is 0.298. The van der Waals surface area contributed by atoms with Crippen molar-refractivity contribution in [3.63, 3.8) is 0 Å². The van der Waals surface area contributed by atoms with Crippen LogP contribution in [0, 0.1) is 0 Å². The van der Waals surface area contributed by atoms with E-state index < -0.39 is 0 Å². The van der Waals surface area contributed by atoms with Crippen LogP contribution >= 0.6 is 0 Å². The number of hydrogen-bond acceptors (Lipinski definition) is 1. The lowest BCUT2D eigenvalue weighted by molar-refractivity contribution is -0.135. The predicted molar refractivity (Wildman–Crippen MR) is 77.6 cm³/mol. The summed E-state index contributed by atoms with van der Waals surface area (Å²) in [6.07, 6.45) is 13.8. The highest BCUT2D eigenvalue weighted by Crippen LogP contribution is 2.29. The smallest absolute Gasteiger partial charge is 0.222 e. The van der Waals surface area contributed by atoms with Crippen LogP contribution in [0.1, 0.15) is 84.5 Å². The third-order valence-corrected chi connectivity index (χ3v) is 4.67. The molecule has 1 aliphatic carbocycles. The van der Waals surface area contributed by atoms with Crippen LogP contribution in [-0.2, 0) is 4.79 Å². The molecule has 0 aromatic carbocycles. The van der Waals surface area contributed by atoms with Crippen LogP contribution in [-0.4, -0.2) is 23.4 Å². The van der Waals surface area contributed by atoms with Gasteiger partial charge in [0, 0.05) is 19.0 Å². The predicted octanol–water partition coefficient (Wildman–Crippen LogP) is 4.53. The van der Waals surface area contributed by atoms with E-state index in [4.69, 9.17) is 0 Å². The molecular weight excluding hydrogens is 222 g/mol. The maximum absolute atomic E-state index is 12.0. The molecule has 2 heteroatoms. The van der Waals surface area contributed by atoms with Gasteiger partial charge in [-0.05, 0) is 19.8 Å². The van der Waals surface area contributed by atoms with E-state index in [9.17, 15) is 4.79 Å². The van der Waals surface area contributed by atoms with Crippen molar-refractivity contribution in [2.75, 3.05) is 7.05 Å². The number of hydrogen-bond donors (Lipinski definition) is 0. The minimum atomic E-state index is 0.0947. The minimum absolute atomic E-state index is 0.0947. The molecule has 0 aliphatic heterocycles. The molecule has 0 radical (unpaired) electrons. The number of carbonyl (C=O) groups excluding carboxylic acids is 1. The summed E-state index contributed by atoms with van der Waals surface area (Å²) in [7, 11) is 2.01. The van der Waals surface area contributed by atoms with Crippen molar-refractivity contribution in [1.82, 2.24) is 4.90 Å². The van der Waals surface area contributed by atoms with E-state index >= 15 is 0 Å². The van der Waals surface area contributed by atoms with Crippen molar-refractivity contribution in [2.45, 2.75) is 90.0 Å². The SMILES string of the molecule is CCC(=O)N(C)C1(C)CCCCCCCCCC1. The summed E-state index contributed by atoms with van der Waals surface area (Å²) in [5, 5.41) is 0. The van der Waals surface area contributed by atoms with Crippen LogP contribution in [0.2, 0.25) is 0 Å². The Morgan fingerprint density at radius 3 is 1.72 bits per heavy atom. The second kappa shape index (κ2) is 7.81. The molecule has 1 saturated carbocycles. The van der Waals surface area contributed by atoms with Crippen LogP contribution in [0.5, 0.6) is 0 Å². The molecule has 0 bridgehead atoms. The van der Waals surface area contributed by atoms with Gasteiger partial charge in [-0.2, -0.15) is 0 Å². The normalized spacial score (nSPS) is 21.9. The minimum Gasteiger partial charge on any atom is -0.340 e. The molecule has 1 fully saturated rings. The Balaban J connectivity index is 2.63. The highest BCUT2D eigenvalue weighted by Gasteiger charge is 2.30. The van der Waals surface area contributed by atoms with Gasteiger partial charge in [-0.3, -0.25) is 4.79 Å². The number of amides is 1.